The maximum Gasteiger partial charge on any atom is 0.336 e. The first kappa shape index (κ1) is 10.9. The average molecular weight is 217 g/mol. The maximum absolute atomic E-state index is 11.0. The lowest BCUT2D eigenvalue weighted by atomic mass is 9.90. The van der Waals surface area contributed by atoms with Gasteiger partial charge in [0, 0.05) is 11.8 Å². The third-order valence-electron chi connectivity index (χ3n) is 2.24. The SMILES string of the molecule is CC(C)(C)Cc1ccc2oc(=O)ccc2n1. The first-order valence-corrected chi connectivity index (χ1v) is 5.34. The topological polar surface area (TPSA) is 43.1 Å². The Hall–Kier alpha value is -1.64. The predicted molar refractivity (Wildman–Crippen MR) is 63.4 cm³/mol. The molecule has 0 aliphatic rings. The van der Waals surface area contributed by atoms with Gasteiger partial charge in [0.2, 0.25) is 0 Å². The third kappa shape index (κ3) is 2.48. The van der Waals surface area contributed by atoms with Crippen LogP contribution in [0.4, 0.5) is 0 Å². The minimum Gasteiger partial charge on any atom is -0.421 e. The van der Waals surface area contributed by atoms with Crippen LogP contribution < -0.4 is 5.63 Å². The summed E-state index contributed by atoms with van der Waals surface area (Å²) in [5.41, 5.74) is 2.18. The summed E-state index contributed by atoms with van der Waals surface area (Å²) in [6, 6.07) is 6.82. The van der Waals surface area contributed by atoms with Gasteiger partial charge in [0.1, 0.15) is 5.52 Å². The molecular weight excluding hydrogens is 202 g/mol. The molecule has 0 fully saturated rings. The van der Waals surface area contributed by atoms with Crippen LogP contribution in [0.3, 0.4) is 0 Å². The van der Waals surface area contributed by atoms with Crippen molar-refractivity contribution < 1.29 is 4.42 Å². The zero-order valence-electron chi connectivity index (χ0n) is 9.78. The molecule has 0 saturated heterocycles. The highest BCUT2D eigenvalue weighted by Crippen LogP contribution is 2.20. The standard InChI is InChI=1S/C13H15NO2/c1-13(2,3)8-9-4-6-11-10(14-9)5-7-12(15)16-11/h4-7H,8H2,1-3H3. The molecule has 2 rings (SSSR count). The second kappa shape index (κ2) is 3.74. The summed E-state index contributed by atoms with van der Waals surface area (Å²) < 4.78 is 5.03. The fourth-order valence-electron chi connectivity index (χ4n) is 1.64. The van der Waals surface area contributed by atoms with Gasteiger partial charge in [0.05, 0.1) is 0 Å². The van der Waals surface area contributed by atoms with Crippen molar-refractivity contribution in [2.75, 3.05) is 0 Å². The summed E-state index contributed by atoms with van der Waals surface area (Å²) in [6.07, 6.45) is 0.905. The number of fused-ring (bicyclic) bond motifs is 1. The van der Waals surface area contributed by atoms with E-state index in [1.807, 2.05) is 12.1 Å². The number of pyridine rings is 1. The van der Waals surface area contributed by atoms with Crippen LogP contribution in [0.5, 0.6) is 0 Å². The van der Waals surface area contributed by atoms with E-state index in [1.165, 1.54) is 6.07 Å². The second-order valence-corrected chi connectivity index (χ2v) is 5.18. The normalized spacial score (nSPS) is 11.9. The molecule has 84 valence electrons. The van der Waals surface area contributed by atoms with E-state index >= 15 is 0 Å². The smallest absolute Gasteiger partial charge is 0.336 e. The minimum atomic E-state index is -0.335. The van der Waals surface area contributed by atoms with Crippen molar-refractivity contribution in [3.05, 3.63) is 40.4 Å². The average Bonchev–Trinajstić information content (AvgIpc) is 2.16. The molecule has 2 aromatic heterocycles. The molecule has 0 atom stereocenters. The van der Waals surface area contributed by atoms with Gasteiger partial charge in [-0.3, -0.25) is 0 Å². The highest BCUT2D eigenvalue weighted by Gasteiger charge is 2.12. The van der Waals surface area contributed by atoms with Crippen molar-refractivity contribution in [1.29, 1.82) is 0 Å². The Bertz CT molecular complexity index is 564. The van der Waals surface area contributed by atoms with E-state index in [-0.39, 0.29) is 11.0 Å². The molecule has 2 heterocycles. The molecule has 16 heavy (non-hydrogen) atoms. The molecule has 3 nitrogen and oxygen atoms in total. The Labute approximate surface area is 94.1 Å². The van der Waals surface area contributed by atoms with Crippen molar-refractivity contribution in [2.45, 2.75) is 27.2 Å². The van der Waals surface area contributed by atoms with E-state index in [9.17, 15) is 4.79 Å². The molecule has 0 aromatic carbocycles. The van der Waals surface area contributed by atoms with Crippen molar-refractivity contribution in [3.8, 4) is 0 Å². The Morgan fingerprint density at radius 1 is 1.19 bits per heavy atom. The van der Waals surface area contributed by atoms with Crippen LogP contribution in [0.25, 0.3) is 11.1 Å². The van der Waals surface area contributed by atoms with E-state index in [0.717, 1.165) is 17.6 Å². The van der Waals surface area contributed by atoms with Crippen molar-refractivity contribution in [1.82, 2.24) is 4.98 Å². The fourth-order valence-corrected chi connectivity index (χ4v) is 1.64. The van der Waals surface area contributed by atoms with Gasteiger partial charge in [0.15, 0.2) is 5.58 Å². The fraction of sp³-hybridized carbons (Fsp3) is 0.385. The van der Waals surface area contributed by atoms with Crippen molar-refractivity contribution in [3.63, 3.8) is 0 Å². The van der Waals surface area contributed by atoms with Gasteiger partial charge in [-0.05, 0) is 30.0 Å². The van der Waals surface area contributed by atoms with E-state index in [4.69, 9.17) is 4.42 Å². The predicted octanol–water partition coefficient (Wildman–Crippen LogP) is 2.78. The summed E-state index contributed by atoms with van der Waals surface area (Å²) in [7, 11) is 0. The van der Waals surface area contributed by atoms with Gasteiger partial charge in [-0.25, -0.2) is 9.78 Å². The summed E-state index contributed by atoms with van der Waals surface area (Å²) in [4.78, 5) is 15.5. The molecule has 0 unspecified atom stereocenters. The van der Waals surface area contributed by atoms with Gasteiger partial charge in [-0.15, -0.1) is 0 Å². The molecule has 0 spiro atoms. The molecule has 0 amide bonds. The number of aromatic nitrogens is 1. The number of nitrogens with zero attached hydrogens (tertiary/aromatic N) is 1. The molecule has 2 aromatic rings. The van der Waals surface area contributed by atoms with Crippen LogP contribution in [0.15, 0.2) is 33.5 Å². The van der Waals surface area contributed by atoms with E-state index in [2.05, 4.69) is 25.8 Å². The molecule has 3 heteroatoms. The highest BCUT2D eigenvalue weighted by molar-refractivity contribution is 5.71. The molecule has 0 aliphatic carbocycles. The lowest BCUT2D eigenvalue weighted by Crippen LogP contribution is -2.10. The molecule has 0 aliphatic heterocycles. The Morgan fingerprint density at radius 2 is 1.94 bits per heavy atom. The van der Waals surface area contributed by atoms with E-state index in [0.29, 0.717) is 5.58 Å². The molecular formula is C13H15NO2. The number of hydrogen-bond acceptors (Lipinski definition) is 3. The Balaban J connectivity index is 2.45. The lowest BCUT2D eigenvalue weighted by Gasteiger charge is -2.17. The van der Waals surface area contributed by atoms with E-state index in [1.54, 1.807) is 6.07 Å². The van der Waals surface area contributed by atoms with Crippen molar-refractivity contribution >= 4 is 11.1 Å². The van der Waals surface area contributed by atoms with Crippen molar-refractivity contribution in [2.24, 2.45) is 5.41 Å². The monoisotopic (exact) mass is 217 g/mol. The quantitative estimate of drug-likeness (QED) is 0.737. The molecule has 0 bridgehead atoms. The summed E-state index contributed by atoms with van der Waals surface area (Å²) in [6.45, 7) is 6.51. The van der Waals surface area contributed by atoms with Crippen LogP contribution in [-0.2, 0) is 6.42 Å². The van der Waals surface area contributed by atoms with Crippen LogP contribution in [0.2, 0.25) is 0 Å². The van der Waals surface area contributed by atoms with E-state index < -0.39 is 0 Å². The lowest BCUT2D eigenvalue weighted by molar-refractivity contribution is 0.406. The third-order valence-corrected chi connectivity index (χ3v) is 2.24. The van der Waals surface area contributed by atoms with Gasteiger partial charge >= 0.3 is 5.63 Å². The first-order valence-electron chi connectivity index (χ1n) is 5.34. The van der Waals surface area contributed by atoms with Crippen LogP contribution in [-0.4, -0.2) is 4.98 Å². The second-order valence-electron chi connectivity index (χ2n) is 5.18. The maximum atomic E-state index is 11.0. The first-order chi connectivity index (χ1) is 7.44. The van der Waals surface area contributed by atoms with Gasteiger partial charge < -0.3 is 4.42 Å². The largest absolute Gasteiger partial charge is 0.421 e. The summed E-state index contributed by atoms with van der Waals surface area (Å²) in [5.74, 6) is 0. The molecule has 0 radical (unpaired) electrons. The van der Waals surface area contributed by atoms with Crippen LogP contribution in [0, 0.1) is 5.41 Å². The summed E-state index contributed by atoms with van der Waals surface area (Å²) in [5, 5.41) is 0. The van der Waals surface area contributed by atoms with Gasteiger partial charge in [-0.1, -0.05) is 20.8 Å². The van der Waals surface area contributed by atoms with Crippen LogP contribution >= 0.6 is 0 Å². The highest BCUT2D eigenvalue weighted by atomic mass is 16.4. The van der Waals surface area contributed by atoms with Gasteiger partial charge in [0.25, 0.3) is 0 Å². The number of rotatable bonds is 1. The number of hydrogen-bond donors (Lipinski definition) is 0. The summed E-state index contributed by atoms with van der Waals surface area (Å²) >= 11 is 0. The Morgan fingerprint density at radius 3 is 2.62 bits per heavy atom. The zero-order chi connectivity index (χ0) is 11.8. The molecule has 0 saturated carbocycles. The zero-order valence-corrected chi connectivity index (χ0v) is 9.78. The Kier molecular flexibility index (Phi) is 2.54. The van der Waals surface area contributed by atoms with Gasteiger partial charge in [-0.2, -0.15) is 0 Å². The minimum absolute atomic E-state index is 0.205. The van der Waals surface area contributed by atoms with Crippen LogP contribution in [0.1, 0.15) is 26.5 Å². The molecule has 0 N–H and O–H groups in total.